The minimum absolute atomic E-state index is 0.309. The van der Waals surface area contributed by atoms with Crippen molar-refractivity contribution in [3.05, 3.63) is 64.6 Å². The molecule has 0 spiro atoms. The number of nitrogens with zero attached hydrogens (tertiary/aromatic N) is 1. The van der Waals surface area contributed by atoms with Gasteiger partial charge in [-0.2, -0.15) is 0 Å². The molecule has 0 bridgehead atoms. The van der Waals surface area contributed by atoms with Gasteiger partial charge in [0.15, 0.2) is 6.10 Å². The van der Waals surface area contributed by atoms with Crippen molar-refractivity contribution in [2.24, 2.45) is 0 Å². The molecule has 1 unspecified atom stereocenters. The molecule has 1 atom stereocenters. The first kappa shape index (κ1) is 22.1. The number of esters is 1. The number of aromatic nitrogens is 1. The van der Waals surface area contributed by atoms with Crippen LogP contribution < -0.4 is 19.5 Å². The number of amides is 1. The number of methoxy groups -OCH3 is 2. The Morgan fingerprint density at radius 3 is 2.29 bits per heavy atom. The van der Waals surface area contributed by atoms with Gasteiger partial charge < -0.3 is 24.3 Å². The summed E-state index contributed by atoms with van der Waals surface area (Å²) in [5.41, 5.74) is 3.34. The molecule has 1 aromatic heterocycles. The summed E-state index contributed by atoms with van der Waals surface area (Å²) in [6.45, 7) is 1.84. The number of hydrogen-bond acceptors (Lipinski definition) is 8. The maximum atomic E-state index is 12.4. The molecule has 2 aromatic carbocycles. The van der Waals surface area contributed by atoms with Crippen LogP contribution in [0.5, 0.6) is 17.2 Å². The van der Waals surface area contributed by atoms with Gasteiger partial charge in [-0.3, -0.25) is 4.79 Å². The molecule has 162 valence electrons. The van der Waals surface area contributed by atoms with Crippen LogP contribution in [0.25, 0.3) is 0 Å². The second kappa shape index (κ2) is 10.4. The Balaban J connectivity index is 1.55. The Labute approximate surface area is 183 Å². The molecule has 3 aromatic rings. The number of thiazole rings is 1. The maximum Gasteiger partial charge on any atom is 0.338 e. The summed E-state index contributed by atoms with van der Waals surface area (Å²) in [6, 6.07) is 11.4. The monoisotopic (exact) mass is 442 g/mol. The average molecular weight is 442 g/mol. The van der Waals surface area contributed by atoms with Crippen LogP contribution in [0.15, 0.2) is 53.4 Å². The number of anilines is 1. The van der Waals surface area contributed by atoms with Gasteiger partial charge >= 0.3 is 5.97 Å². The predicted molar refractivity (Wildman–Crippen MR) is 116 cm³/mol. The van der Waals surface area contributed by atoms with Crippen LogP contribution >= 0.6 is 11.3 Å². The minimum Gasteiger partial charge on any atom is -0.497 e. The van der Waals surface area contributed by atoms with Crippen molar-refractivity contribution >= 4 is 28.9 Å². The van der Waals surface area contributed by atoms with E-state index in [0.717, 1.165) is 5.69 Å². The fourth-order valence-electron chi connectivity index (χ4n) is 2.56. The summed E-state index contributed by atoms with van der Waals surface area (Å²) >= 11 is 1.50. The Morgan fingerprint density at radius 2 is 1.71 bits per heavy atom. The van der Waals surface area contributed by atoms with Gasteiger partial charge in [-0.1, -0.05) is 0 Å². The summed E-state index contributed by atoms with van der Waals surface area (Å²) in [4.78, 5) is 29.0. The quantitative estimate of drug-likeness (QED) is 0.502. The molecule has 0 radical (unpaired) electrons. The normalized spacial score (nSPS) is 11.3. The van der Waals surface area contributed by atoms with E-state index in [-0.39, 0.29) is 0 Å². The van der Waals surface area contributed by atoms with Crippen LogP contribution in [0, 0.1) is 0 Å². The van der Waals surface area contributed by atoms with E-state index >= 15 is 0 Å². The van der Waals surface area contributed by atoms with Crippen LogP contribution in [-0.2, 0) is 16.1 Å². The Kier molecular flexibility index (Phi) is 7.45. The van der Waals surface area contributed by atoms with E-state index in [1.807, 2.05) is 5.38 Å². The molecule has 1 heterocycles. The van der Waals surface area contributed by atoms with Crippen LogP contribution in [0.4, 0.5) is 5.69 Å². The van der Waals surface area contributed by atoms with E-state index in [4.69, 9.17) is 18.9 Å². The number of nitrogens with one attached hydrogen (secondary N) is 1. The lowest BCUT2D eigenvalue weighted by Crippen LogP contribution is -2.30. The zero-order chi connectivity index (χ0) is 22.2. The molecule has 1 amide bonds. The average Bonchev–Trinajstić information content (AvgIpc) is 3.31. The maximum absolute atomic E-state index is 12.4. The van der Waals surface area contributed by atoms with Crippen molar-refractivity contribution in [3.63, 3.8) is 0 Å². The van der Waals surface area contributed by atoms with E-state index in [1.54, 1.807) is 48.0 Å². The summed E-state index contributed by atoms with van der Waals surface area (Å²) in [6.07, 6.45) is -1.01. The summed E-state index contributed by atoms with van der Waals surface area (Å²) in [5.74, 6) is 0.555. The Bertz CT molecular complexity index is 999. The first-order valence-electron chi connectivity index (χ1n) is 9.33. The van der Waals surface area contributed by atoms with Gasteiger partial charge in [0.2, 0.25) is 0 Å². The third-order valence-electron chi connectivity index (χ3n) is 4.23. The Morgan fingerprint density at radius 1 is 1.03 bits per heavy atom. The molecule has 0 fully saturated rings. The second-order valence-electron chi connectivity index (χ2n) is 6.43. The van der Waals surface area contributed by atoms with E-state index in [0.29, 0.717) is 35.1 Å². The number of rotatable bonds is 9. The summed E-state index contributed by atoms with van der Waals surface area (Å²) in [5, 5.41) is 4.59. The first-order chi connectivity index (χ1) is 15.0. The number of carbonyl (C=O) groups excluding carboxylic acids is 2. The van der Waals surface area contributed by atoms with Gasteiger partial charge in [0.25, 0.3) is 5.91 Å². The lowest BCUT2D eigenvalue weighted by Gasteiger charge is -2.15. The van der Waals surface area contributed by atoms with Crippen molar-refractivity contribution in [3.8, 4) is 17.2 Å². The highest BCUT2D eigenvalue weighted by molar-refractivity contribution is 7.07. The molecule has 3 rings (SSSR count). The lowest BCUT2D eigenvalue weighted by molar-refractivity contribution is -0.123. The van der Waals surface area contributed by atoms with Gasteiger partial charge in [-0.15, -0.1) is 11.3 Å². The van der Waals surface area contributed by atoms with Crippen molar-refractivity contribution in [2.75, 3.05) is 19.5 Å². The Hall–Kier alpha value is -3.59. The smallest absolute Gasteiger partial charge is 0.338 e. The van der Waals surface area contributed by atoms with Crippen LogP contribution in [0.2, 0.25) is 0 Å². The van der Waals surface area contributed by atoms with Crippen molar-refractivity contribution in [1.82, 2.24) is 4.98 Å². The molecule has 9 heteroatoms. The number of carbonyl (C=O) groups is 2. The van der Waals surface area contributed by atoms with Crippen LogP contribution in [0.3, 0.4) is 0 Å². The molecule has 0 saturated heterocycles. The van der Waals surface area contributed by atoms with Crippen molar-refractivity contribution in [2.45, 2.75) is 19.6 Å². The predicted octanol–water partition coefficient (Wildman–Crippen LogP) is 3.92. The fourth-order valence-corrected chi connectivity index (χ4v) is 3.10. The fraction of sp³-hybridized carbons (Fsp3) is 0.227. The zero-order valence-corrected chi connectivity index (χ0v) is 18.1. The van der Waals surface area contributed by atoms with Gasteiger partial charge in [0.05, 0.1) is 31.0 Å². The zero-order valence-electron chi connectivity index (χ0n) is 17.3. The van der Waals surface area contributed by atoms with E-state index in [1.165, 1.54) is 32.5 Å². The third kappa shape index (κ3) is 6.19. The first-order valence-corrected chi connectivity index (χ1v) is 10.3. The van der Waals surface area contributed by atoms with Gasteiger partial charge in [-0.05, 0) is 31.2 Å². The third-order valence-corrected chi connectivity index (χ3v) is 4.87. The highest BCUT2D eigenvalue weighted by atomic mass is 32.1. The summed E-state index contributed by atoms with van der Waals surface area (Å²) in [7, 11) is 3.03. The van der Waals surface area contributed by atoms with Crippen molar-refractivity contribution < 1.29 is 28.5 Å². The van der Waals surface area contributed by atoms with Crippen molar-refractivity contribution in [1.29, 1.82) is 0 Å². The second-order valence-corrected chi connectivity index (χ2v) is 7.15. The highest BCUT2D eigenvalue weighted by Gasteiger charge is 2.19. The highest BCUT2D eigenvalue weighted by Crippen LogP contribution is 2.26. The topological polar surface area (TPSA) is 96.0 Å². The molecule has 0 saturated carbocycles. The van der Waals surface area contributed by atoms with E-state index in [9.17, 15) is 9.59 Å². The lowest BCUT2D eigenvalue weighted by atomic mass is 10.2. The molecular formula is C22H22N2O6S. The van der Waals surface area contributed by atoms with E-state index in [2.05, 4.69) is 10.3 Å². The van der Waals surface area contributed by atoms with E-state index < -0.39 is 18.0 Å². The molecule has 8 nitrogen and oxygen atoms in total. The molecule has 1 N–H and O–H groups in total. The number of hydrogen-bond donors (Lipinski definition) is 1. The minimum atomic E-state index is -1.01. The standard InChI is InChI=1S/C22H22N2O6S/c1-14(21(25)24-16-8-19(27-2)10-20(9-16)28-3)30-22(26)15-4-6-18(7-5-15)29-11-17-12-31-13-23-17/h4-10,12-14H,11H2,1-3H3,(H,24,25). The number of ether oxygens (including phenoxy) is 4. The largest absolute Gasteiger partial charge is 0.497 e. The molecule has 0 aliphatic heterocycles. The molecule has 0 aliphatic carbocycles. The van der Waals surface area contributed by atoms with Crippen LogP contribution in [0.1, 0.15) is 23.0 Å². The van der Waals surface area contributed by atoms with Gasteiger partial charge in [0.1, 0.15) is 23.9 Å². The molecular weight excluding hydrogens is 420 g/mol. The van der Waals surface area contributed by atoms with Gasteiger partial charge in [0, 0.05) is 29.3 Å². The van der Waals surface area contributed by atoms with Crippen LogP contribution in [-0.4, -0.2) is 37.2 Å². The SMILES string of the molecule is COc1cc(NC(=O)C(C)OC(=O)c2ccc(OCc3cscn3)cc2)cc(OC)c1. The molecule has 31 heavy (non-hydrogen) atoms. The number of benzene rings is 2. The van der Waals surface area contributed by atoms with Gasteiger partial charge in [-0.25, -0.2) is 9.78 Å². The molecule has 0 aliphatic rings. The summed E-state index contributed by atoms with van der Waals surface area (Å²) < 4.78 is 21.3.